The van der Waals surface area contributed by atoms with Crippen LogP contribution in [-0.4, -0.2) is 17.0 Å². The number of amides is 1. The zero-order valence-electron chi connectivity index (χ0n) is 17.3. The van der Waals surface area contributed by atoms with Gasteiger partial charge in [0, 0.05) is 28.3 Å². The van der Waals surface area contributed by atoms with Gasteiger partial charge in [-0.2, -0.15) is 0 Å². The smallest absolute Gasteiger partial charge is 0.338 e. The number of benzene rings is 2. The van der Waals surface area contributed by atoms with Gasteiger partial charge in [0.2, 0.25) is 0 Å². The number of rotatable bonds is 5. The molecule has 2 aromatic heterocycles. The molecule has 0 spiro atoms. The molecule has 32 heavy (non-hydrogen) atoms. The summed E-state index contributed by atoms with van der Waals surface area (Å²) in [7, 11) is 0. The Hall–Kier alpha value is -4.33. The van der Waals surface area contributed by atoms with Gasteiger partial charge in [-0.25, -0.2) is 9.59 Å². The van der Waals surface area contributed by atoms with Gasteiger partial charge in [-0.3, -0.25) is 4.79 Å². The third-order valence-corrected chi connectivity index (χ3v) is 5.04. The molecule has 4 aromatic rings. The van der Waals surface area contributed by atoms with E-state index in [9.17, 15) is 19.5 Å². The summed E-state index contributed by atoms with van der Waals surface area (Å²) in [5, 5.41) is 13.1. The van der Waals surface area contributed by atoms with Crippen molar-refractivity contribution in [3.63, 3.8) is 0 Å². The topological polar surface area (TPSA) is 119 Å². The molecule has 0 atom stereocenters. The zero-order valence-corrected chi connectivity index (χ0v) is 17.3. The first-order valence-corrected chi connectivity index (χ1v) is 9.71. The van der Waals surface area contributed by atoms with Crippen molar-refractivity contribution in [1.29, 1.82) is 0 Å². The van der Waals surface area contributed by atoms with Crippen molar-refractivity contribution in [3.8, 4) is 5.75 Å². The molecule has 0 aliphatic rings. The van der Waals surface area contributed by atoms with Crippen LogP contribution in [0.2, 0.25) is 0 Å². The van der Waals surface area contributed by atoms with Gasteiger partial charge in [-0.1, -0.05) is 6.07 Å². The average molecular weight is 433 g/mol. The van der Waals surface area contributed by atoms with Crippen molar-refractivity contribution >= 4 is 28.5 Å². The Morgan fingerprint density at radius 1 is 1.09 bits per heavy atom. The highest BCUT2D eigenvalue weighted by Gasteiger charge is 2.16. The van der Waals surface area contributed by atoms with Gasteiger partial charge in [0.25, 0.3) is 5.91 Å². The van der Waals surface area contributed by atoms with E-state index in [1.165, 1.54) is 30.5 Å². The Morgan fingerprint density at radius 3 is 2.66 bits per heavy atom. The molecule has 0 aliphatic heterocycles. The fourth-order valence-electron chi connectivity index (χ4n) is 3.24. The van der Waals surface area contributed by atoms with E-state index in [1.807, 2.05) is 0 Å². The second-order valence-corrected chi connectivity index (χ2v) is 7.21. The molecule has 2 heterocycles. The number of fused-ring (bicyclic) bond motifs is 1. The van der Waals surface area contributed by atoms with Crippen LogP contribution >= 0.6 is 0 Å². The number of carbonyl (C=O) groups excluding carboxylic acids is 2. The number of aryl methyl sites for hydroxylation is 2. The van der Waals surface area contributed by atoms with Crippen LogP contribution in [0.15, 0.2) is 68.4 Å². The lowest BCUT2D eigenvalue weighted by atomic mass is 10.1. The zero-order chi connectivity index (χ0) is 22.8. The number of nitrogens with one attached hydrogen (secondary N) is 1. The van der Waals surface area contributed by atoms with Crippen LogP contribution in [0.5, 0.6) is 5.75 Å². The molecule has 162 valence electrons. The number of ether oxygens (including phenoxy) is 1. The van der Waals surface area contributed by atoms with Crippen molar-refractivity contribution < 1.29 is 28.3 Å². The van der Waals surface area contributed by atoms with Gasteiger partial charge in [0.1, 0.15) is 17.9 Å². The fraction of sp³-hybridized carbons (Fsp3) is 0.125. The number of carbonyl (C=O) groups is 2. The Kier molecular flexibility index (Phi) is 5.51. The van der Waals surface area contributed by atoms with E-state index in [4.69, 9.17) is 13.6 Å². The van der Waals surface area contributed by atoms with Crippen molar-refractivity contribution in [2.75, 3.05) is 5.32 Å². The van der Waals surface area contributed by atoms with Crippen molar-refractivity contribution in [3.05, 3.63) is 93.2 Å². The first kappa shape index (κ1) is 20.9. The van der Waals surface area contributed by atoms with E-state index < -0.39 is 17.5 Å². The van der Waals surface area contributed by atoms with Crippen molar-refractivity contribution in [2.45, 2.75) is 20.5 Å². The maximum atomic E-state index is 12.6. The maximum Gasteiger partial charge on any atom is 0.338 e. The number of hydrogen-bond donors (Lipinski definition) is 2. The number of esters is 1. The van der Waals surface area contributed by atoms with Gasteiger partial charge >= 0.3 is 11.6 Å². The summed E-state index contributed by atoms with van der Waals surface area (Å²) in [5.74, 6) is -0.924. The summed E-state index contributed by atoms with van der Waals surface area (Å²) >= 11 is 0. The number of furan rings is 1. The van der Waals surface area contributed by atoms with Gasteiger partial charge in [-0.05, 0) is 55.8 Å². The average Bonchev–Trinajstić information content (AvgIpc) is 3.31. The van der Waals surface area contributed by atoms with Crippen molar-refractivity contribution in [1.82, 2.24) is 0 Å². The summed E-state index contributed by atoms with van der Waals surface area (Å²) in [6.07, 6.45) is 1.40. The predicted octanol–water partition coefficient (Wildman–Crippen LogP) is 4.32. The summed E-state index contributed by atoms with van der Waals surface area (Å²) in [6.45, 7) is 3.24. The molecule has 8 nitrogen and oxygen atoms in total. The van der Waals surface area contributed by atoms with Crippen LogP contribution in [0.4, 0.5) is 5.69 Å². The van der Waals surface area contributed by atoms with Gasteiger partial charge in [-0.15, -0.1) is 0 Å². The quantitative estimate of drug-likeness (QED) is 0.355. The van der Waals surface area contributed by atoms with Crippen LogP contribution in [0, 0.1) is 13.8 Å². The van der Waals surface area contributed by atoms with Crippen LogP contribution in [-0.2, 0) is 11.3 Å². The molecule has 0 bridgehead atoms. The van der Waals surface area contributed by atoms with E-state index in [0.717, 1.165) is 5.56 Å². The normalized spacial score (nSPS) is 10.8. The van der Waals surface area contributed by atoms with Gasteiger partial charge in [0.15, 0.2) is 5.76 Å². The molecule has 8 heteroatoms. The number of phenols is 1. The van der Waals surface area contributed by atoms with E-state index in [2.05, 4.69) is 5.32 Å². The van der Waals surface area contributed by atoms with Crippen LogP contribution in [0.3, 0.4) is 0 Å². The highest BCUT2D eigenvalue weighted by atomic mass is 16.5. The molecule has 0 unspecified atom stereocenters. The predicted molar refractivity (Wildman–Crippen MR) is 116 cm³/mol. The molecule has 4 rings (SSSR count). The second kappa shape index (κ2) is 8.43. The molecular weight excluding hydrogens is 414 g/mol. The first-order chi connectivity index (χ1) is 15.3. The minimum Gasteiger partial charge on any atom is -0.508 e. The highest BCUT2D eigenvalue weighted by Crippen LogP contribution is 2.28. The number of hydrogen-bond acceptors (Lipinski definition) is 7. The van der Waals surface area contributed by atoms with Crippen LogP contribution in [0.1, 0.15) is 37.6 Å². The minimum atomic E-state index is -0.629. The van der Waals surface area contributed by atoms with Crippen molar-refractivity contribution in [2.24, 2.45) is 0 Å². The molecule has 2 N–H and O–H groups in total. The minimum absolute atomic E-state index is 0.00132. The summed E-state index contributed by atoms with van der Waals surface area (Å²) in [5.41, 5.74) is 1.92. The number of aromatic hydroxyl groups is 1. The molecule has 0 fully saturated rings. The summed E-state index contributed by atoms with van der Waals surface area (Å²) in [6, 6.07) is 12.2. The first-order valence-electron chi connectivity index (χ1n) is 9.71. The fourth-order valence-corrected chi connectivity index (χ4v) is 3.24. The van der Waals surface area contributed by atoms with E-state index in [-0.39, 0.29) is 29.3 Å². The molecule has 2 aromatic carbocycles. The summed E-state index contributed by atoms with van der Waals surface area (Å²) < 4.78 is 15.7. The van der Waals surface area contributed by atoms with Crippen LogP contribution < -0.4 is 10.9 Å². The largest absolute Gasteiger partial charge is 0.508 e. The van der Waals surface area contributed by atoms with Gasteiger partial charge < -0.3 is 24.0 Å². The molecule has 0 aliphatic carbocycles. The van der Waals surface area contributed by atoms with Crippen LogP contribution in [0.25, 0.3) is 11.0 Å². The highest BCUT2D eigenvalue weighted by molar-refractivity contribution is 6.03. The molecular formula is C24H19NO7. The molecule has 0 saturated heterocycles. The lowest BCUT2D eigenvalue weighted by molar-refractivity contribution is 0.0473. The molecule has 0 radical (unpaired) electrons. The van der Waals surface area contributed by atoms with Gasteiger partial charge in [0.05, 0.1) is 11.8 Å². The molecule has 0 saturated carbocycles. The number of phenolic OH excluding ortho intramolecular Hbond substituents is 1. The SMILES string of the molecule is Cc1ccc(C(=O)OCc2cc(=O)oc3c(C)c(O)ccc23)cc1NC(=O)c1ccco1. The summed E-state index contributed by atoms with van der Waals surface area (Å²) in [4.78, 5) is 36.8. The second-order valence-electron chi connectivity index (χ2n) is 7.21. The lowest BCUT2D eigenvalue weighted by Gasteiger charge is -2.11. The third kappa shape index (κ3) is 4.11. The lowest BCUT2D eigenvalue weighted by Crippen LogP contribution is -2.13. The Labute approximate surface area is 182 Å². The Balaban J connectivity index is 1.54. The standard InChI is InChI=1S/C24H19NO7/c1-13-5-6-15(10-18(13)25-23(28)20-4-3-9-30-20)24(29)31-12-16-11-21(27)32-22-14(2)19(26)8-7-17(16)22/h3-11,26H,12H2,1-2H3,(H,25,28). The Morgan fingerprint density at radius 2 is 1.91 bits per heavy atom. The Bertz CT molecular complexity index is 1380. The molecule has 1 amide bonds. The number of anilines is 1. The van der Waals surface area contributed by atoms with E-state index in [1.54, 1.807) is 38.1 Å². The maximum absolute atomic E-state index is 12.6. The van der Waals surface area contributed by atoms with E-state index in [0.29, 0.717) is 22.2 Å². The monoisotopic (exact) mass is 433 g/mol. The third-order valence-electron chi connectivity index (χ3n) is 5.04. The van der Waals surface area contributed by atoms with E-state index >= 15 is 0 Å².